The van der Waals surface area contributed by atoms with E-state index in [9.17, 15) is 22.0 Å². The number of anilines is 2. The molecule has 0 radical (unpaired) electrons. The average molecular weight is 432 g/mol. The molecule has 0 atom stereocenters. The first kappa shape index (κ1) is 21.3. The molecule has 0 saturated heterocycles. The van der Waals surface area contributed by atoms with E-state index in [-0.39, 0.29) is 11.3 Å². The van der Waals surface area contributed by atoms with E-state index in [0.717, 1.165) is 16.4 Å². The van der Waals surface area contributed by atoms with Gasteiger partial charge in [-0.3, -0.25) is 9.10 Å². The van der Waals surface area contributed by atoms with Crippen molar-refractivity contribution in [3.63, 3.8) is 0 Å². The number of ether oxygens (including phenoxy) is 1. The van der Waals surface area contributed by atoms with Crippen molar-refractivity contribution in [3.8, 4) is 5.75 Å². The minimum Gasteiger partial charge on any atom is -0.497 e. The van der Waals surface area contributed by atoms with E-state index >= 15 is 0 Å². The summed E-state index contributed by atoms with van der Waals surface area (Å²) in [6, 6.07) is 14.6. The average Bonchev–Trinajstić information content (AvgIpc) is 2.73. The van der Waals surface area contributed by atoms with Crippen LogP contribution >= 0.6 is 0 Å². The second-order valence-corrected chi connectivity index (χ2v) is 8.25. The van der Waals surface area contributed by atoms with Gasteiger partial charge in [0.2, 0.25) is 0 Å². The fourth-order valence-corrected chi connectivity index (χ4v) is 4.04. The molecule has 30 heavy (non-hydrogen) atoms. The van der Waals surface area contributed by atoms with Crippen LogP contribution in [0.25, 0.3) is 0 Å². The Morgan fingerprint density at radius 3 is 2.17 bits per heavy atom. The summed E-state index contributed by atoms with van der Waals surface area (Å²) in [5.74, 6) is -1.98. The molecule has 0 saturated carbocycles. The van der Waals surface area contributed by atoms with Gasteiger partial charge in [0.25, 0.3) is 15.9 Å². The first-order chi connectivity index (χ1) is 14.2. The fourth-order valence-electron chi connectivity index (χ4n) is 2.78. The summed E-state index contributed by atoms with van der Waals surface area (Å²) in [6.07, 6.45) is 0. The maximum atomic E-state index is 13.5. The Bertz CT molecular complexity index is 1160. The quantitative estimate of drug-likeness (QED) is 0.638. The summed E-state index contributed by atoms with van der Waals surface area (Å²) >= 11 is 0. The number of amides is 1. The second-order valence-electron chi connectivity index (χ2n) is 6.28. The molecule has 3 aromatic carbocycles. The van der Waals surface area contributed by atoms with Gasteiger partial charge < -0.3 is 10.1 Å². The number of hydrogen-bond acceptors (Lipinski definition) is 4. The second kappa shape index (κ2) is 8.50. The molecule has 156 valence electrons. The van der Waals surface area contributed by atoms with Crippen LogP contribution < -0.4 is 14.4 Å². The molecular formula is C21H18F2N2O4S. The van der Waals surface area contributed by atoms with Gasteiger partial charge in [-0.1, -0.05) is 12.1 Å². The topological polar surface area (TPSA) is 75.7 Å². The molecule has 9 heteroatoms. The lowest BCUT2D eigenvalue weighted by atomic mass is 10.1. The third-order valence-electron chi connectivity index (χ3n) is 4.33. The van der Waals surface area contributed by atoms with Crippen molar-refractivity contribution in [3.05, 3.63) is 83.9 Å². The highest BCUT2D eigenvalue weighted by Gasteiger charge is 2.26. The van der Waals surface area contributed by atoms with Crippen LogP contribution in [-0.2, 0) is 10.0 Å². The molecule has 0 aromatic heterocycles. The largest absolute Gasteiger partial charge is 0.497 e. The number of carbonyl (C=O) groups excluding carboxylic acids is 1. The molecule has 0 heterocycles. The first-order valence-electron chi connectivity index (χ1n) is 8.72. The van der Waals surface area contributed by atoms with E-state index in [1.54, 1.807) is 36.4 Å². The maximum absolute atomic E-state index is 13.5. The van der Waals surface area contributed by atoms with Gasteiger partial charge in [-0.15, -0.1) is 0 Å². The third-order valence-corrected chi connectivity index (χ3v) is 6.08. The van der Waals surface area contributed by atoms with Crippen LogP contribution in [0.5, 0.6) is 5.75 Å². The minimum absolute atomic E-state index is 0.0492. The van der Waals surface area contributed by atoms with Crippen molar-refractivity contribution in [2.75, 3.05) is 23.8 Å². The van der Waals surface area contributed by atoms with Crippen molar-refractivity contribution in [1.29, 1.82) is 0 Å². The van der Waals surface area contributed by atoms with E-state index in [4.69, 9.17) is 4.74 Å². The van der Waals surface area contributed by atoms with Crippen molar-refractivity contribution in [2.45, 2.75) is 4.90 Å². The van der Waals surface area contributed by atoms with Crippen LogP contribution in [0.1, 0.15) is 10.4 Å². The summed E-state index contributed by atoms with van der Waals surface area (Å²) in [6.45, 7) is 0. The van der Waals surface area contributed by atoms with Gasteiger partial charge in [0.1, 0.15) is 17.4 Å². The molecule has 0 unspecified atom stereocenters. The predicted molar refractivity (Wildman–Crippen MR) is 109 cm³/mol. The Morgan fingerprint density at radius 2 is 1.57 bits per heavy atom. The number of hydrogen-bond donors (Lipinski definition) is 1. The molecular weight excluding hydrogens is 414 g/mol. The highest BCUT2D eigenvalue weighted by Crippen LogP contribution is 2.27. The lowest BCUT2D eigenvalue weighted by Crippen LogP contribution is -2.29. The molecule has 0 spiro atoms. The fraction of sp³-hybridized carbons (Fsp3) is 0.0952. The smallest absolute Gasteiger partial charge is 0.264 e. The number of carbonyl (C=O) groups is 1. The van der Waals surface area contributed by atoms with Crippen molar-refractivity contribution >= 4 is 27.3 Å². The predicted octanol–water partition coefficient (Wildman–Crippen LogP) is 4.05. The van der Waals surface area contributed by atoms with Crippen LogP contribution in [0.4, 0.5) is 20.2 Å². The Balaban J connectivity index is 1.94. The minimum atomic E-state index is -4.32. The molecule has 0 aliphatic rings. The van der Waals surface area contributed by atoms with Crippen molar-refractivity contribution in [2.24, 2.45) is 0 Å². The van der Waals surface area contributed by atoms with Crippen molar-refractivity contribution in [1.82, 2.24) is 0 Å². The Hall–Kier alpha value is -3.46. The van der Waals surface area contributed by atoms with Gasteiger partial charge in [-0.25, -0.2) is 17.2 Å². The van der Waals surface area contributed by atoms with E-state index in [1.807, 2.05) is 0 Å². The van der Waals surface area contributed by atoms with Gasteiger partial charge in [0, 0.05) is 18.8 Å². The number of methoxy groups -OCH3 is 1. The zero-order valence-electron chi connectivity index (χ0n) is 16.1. The number of benzene rings is 3. The van der Waals surface area contributed by atoms with Crippen LogP contribution in [0.15, 0.2) is 71.6 Å². The standard InChI is InChI=1S/C21H18F2N2O4S/c1-25(30(27,28)18-12-14(22)11-15(23)13-18)20-6-4-3-5-19(20)21(26)24-16-7-9-17(29-2)10-8-16/h3-13H,1-2H3,(H,24,26). The van der Waals surface area contributed by atoms with Gasteiger partial charge in [-0.05, 0) is 48.5 Å². The molecule has 0 fully saturated rings. The highest BCUT2D eigenvalue weighted by atomic mass is 32.2. The number of nitrogens with one attached hydrogen (secondary N) is 1. The number of para-hydroxylation sites is 1. The van der Waals surface area contributed by atoms with Crippen LogP contribution in [0.2, 0.25) is 0 Å². The number of sulfonamides is 1. The molecule has 0 bridgehead atoms. The molecule has 3 aromatic rings. The summed E-state index contributed by atoms with van der Waals surface area (Å²) in [4.78, 5) is 12.2. The van der Waals surface area contributed by atoms with E-state index in [0.29, 0.717) is 17.5 Å². The highest BCUT2D eigenvalue weighted by molar-refractivity contribution is 7.92. The summed E-state index contributed by atoms with van der Waals surface area (Å²) in [5.41, 5.74) is 0.595. The van der Waals surface area contributed by atoms with E-state index in [1.165, 1.54) is 26.3 Å². The zero-order valence-corrected chi connectivity index (χ0v) is 16.9. The summed E-state index contributed by atoms with van der Waals surface area (Å²) < 4.78 is 58.7. The Morgan fingerprint density at radius 1 is 0.967 bits per heavy atom. The van der Waals surface area contributed by atoms with Crippen LogP contribution in [-0.4, -0.2) is 28.5 Å². The Kier molecular flexibility index (Phi) is 6.02. The van der Waals surface area contributed by atoms with Gasteiger partial charge >= 0.3 is 0 Å². The monoisotopic (exact) mass is 432 g/mol. The van der Waals surface area contributed by atoms with Gasteiger partial charge in [0.05, 0.1) is 23.3 Å². The summed E-state index contributed by atoms with van der Waals surface area (Å²) in [7, 11) is -1.59. The molecule has 6 nitrogen and oxygen atoms in total. The number of nitrogens with zero attached hydrogens (tertiary/aromatic N) is 1. The maximum Gasteiger partial charge on any atom is 0.264 e. The Labute approximate surface area is 172 Å². The van der Waals surface area contributed by atoms with Crippen LogP contribution in [0, 0.1) is 11.6 Å². The lowest BCUT2D eigenvalue weighted by molar-refractivity contribution is 0.102. The number of rotatable bonds is 6. The lowest BCUT2D eigenvalue weighted by Gasteiger charge is -2.22. The molecule has 0 aliphatic carbocycles. The first-order valence-corrected chi connectivity index (χ1v) is 10.2. The zero-order chi connectivity index (χ0) is 21.9. The van der Waals surface area contributed by atoms with Gasteiger partial charge in [-0.2, -0.15) is 0 Å². The molecule has 0 aliphatic heterocycles. The third kappa shape index (κ3) is 4.41. The molecule has 1 amide bonds. The van der Waals surface area contributed by atoms with E-state index in [2.05, 4.69) is 5.32 Å². The van der Waals surface area contributed by atoms with E-state index < -0.39 is 32.5 Å². The van der Waals surface area contributed by atoms with Crippen molar-refractivity contribution < 1.29 is 26.7 Å². The SMILES string of the molecule is COc1ccc(NC(=O)c2ccccc2N(C)S(=O)(=O)c2cc(F)cc(F)c2)cc1. The molecule has 3 rings (SSSR count). The summed E-state index contributed by atoms with van der Waals surface area (Å²) in [5, 5.41) is 2.68. The number of halogens is 2. The molecule has 1 N–H and O–H groups in total. The van der Waals surface area contributed by atoms with Gasteiger partial charge in [0.15, 0.2) is 0 Å². The van der Waals surface area contributed by atoms with Crippen LogP contribution in [0.3, 0.4) is 0 Å². The normalized spacial score (nSPS) is 11.1.